The zero-order valence-electron chi connectivity index (χ0n) is 11.1. The average molecular weight is 265 g/mol. The minimum atomic E-state index is -1.03. The molecule has 0 aromatic carbocycles. The molecule has 2 amide bonds. The van der Waals surface area contributed by atoms with Crippen LogP contribution in [-0.4, -0.2) is 28.1 Å². The van der Waals surface area contributed by atoms with Crippen molar-refractivity contribution in [1.29, 1.82) is 0 Å². The Morgan fingerprint density at radius 3 is 2.63 bits per heavy atom. The number of carboxylic acids is 1. The van der Waals surface area contributed by atoms with Gasteiger partial charge in [-0.2, -0.15) is 0 Å². The fraction of sp³-hybridized carbons (Fsp3) is 0.462. The zero-order valence-corrected chi connectivity index (χ0v) is 11.1. The van der Waals surface area contributed by atoms with E-state index in [4.69, 9.17) is 5.11 Å². The Balaban J connectivity index is 2.52. The molecular formula is C13H19N3O3. The van der Waals surface area contributed by atoms with E-state index in [1.807, 2.05) is 13.0 Å². The van der Waals surface area contributed by atoms with Crippen LogP contribution in [0.25, 0.3) is 0 Å². The molecular weight excluding hydrogens is 246 g/mol. The molecule has 0 saturated heterocycles. The van der Waals surface area contributed by atoms with Crippen molar-refractivity contribution in [3.05, 3.63) is 30.1 Å². The van der Waals surface area contributed by atoms with Gasteiger partial charge in [-0.1, -0.05) is 19.4 Å². The van der Waals surface area contributed by atoms with Crippen LogP contribution in [0.2, 0.25) is 0 Å². The molecule has 2 atom stereocenters. The Labute approximate surface area is 112 Å². The van der Waals surface area contributed by atoms with Crippen molar-refractivity contribution in [2.75, 3.05) is 0 Å². The van der Waals surface area contributed by atoms with Crippen molar-refractivity contribution >= 4 is 12.0 Å². The van der Waals surface area contributed by atoms with Gasteiger partial charge in [-0.05, 0) is 25.5 Å². The molecule has 6 nitrogen and oxygen atoms in total. The van der Waals surface area contributed by atoms with Crippen molar-refractivity contribution in [2.45, 2.75) is 38.8 Å². The summed E-state index contributed by atoms with van der Waals surface area (Å²) in [4.78, 5) is 26.8. The quantitative estimate of drug-likeness (QED) is 0.730. The van der Waals surface area contributed by atoms with Gasteiger partial charge in [0.25, 0.3) is 0 Å². The molecule has 19 heavy (non-hydrogen) atoms. The van der Waals surface area contributed by atoms with Crippen molar-refractivity contribution in [3.63, 3.8) is 0 Å². The number of hydrogen-bond acceptors (Lipinski definition) is 3. The predicted molar refractivity (Wildman–Crippen MR) is 70.7 cm³/mol. The summed E-state index contributed by atoms with van der Waals surface area (Å²) in [7, 11) is 0. The lowest BCUT2D eigenvalue weighted by atomic mass is 10.2. The van der Waals surface area contributed by atoms with Crippen molar-refractivity contribution in [1.82, 2.24) is 15.6 Å². The van der Waals surface area contributed by atoms with E-state index in [0.717, 1.165) is 5.69 Å². The molecule has 0 saturated carbocycles. The highest BCUT2D eigenvalue weighted by Crippen LogP contribution is 2.07. The maximum absolute atomic E-state index is 11.7. The van der Waals surface area contributed by atoms with Crippen LogP contribution in [0.15, 0.2) is 24.4 Å². The molecule has 1 unspecified atom stereocenters. The van der Waals surface area contributed by atoms with Crippen LogP contribution in [0.1, 0.15) is 38.4 Å². The minimum absolute atomic E-state index is 0.280. The third-order valence-corrected chi connectivity index (χ3v) is 2.66. The minimum Gasteiger partial charge on any atom is -0.480 e. The first-order valence-corrected chi connectivity index (χ1v) is 6.25. The lowest BCUT2D eigenvalue weighted by molar-refractivity contribution is -0.139. The predicted octanol–water partition coefficient (Wildman–Crippen LogP) is 1.70. The number of hydrogen-bond donors (Lipinski definition) is 3. The van der Waals surface area contributed by atoms with E-state index >= 15 is 0 Å². The second-order valence-electron chi connectivity index (χ2n) is 4.27. The Morgan fingerprint density at radius 1 is 1.37 bits per heavy atom. The van der Waals surface area contributed by atoms with E-state index in [1.165, 1.54) is 0 Å². The van der Waals surface area contributed by atoms with Gasteiger partial charge >= 0.3 is 12.0 Å². The van der Waals surface area contributed by atoms with Crippen molar-refractivity contribution < 1.29 is 14.7 Å². The monoisotopic (exact) mass is 265 g/mol. The molecule has 0 spiro atoms. The van der Waals surface area contributed by atoms with Crippen LogP contribution in [0.4, 0.5) is 4.79 Å². The van der Waals surface area contributed by atoms with Gasteiger partial charge in [-0.25, -0.2) is 9.59 Å². The van der Waals surface area contributed by atoms with Crippen molar-refractivity contribution in [3.8, 4) is 0 Å². The fourth-order valence-corrected chi connectivity index (χ4v) is 1.65. The maximum atomic E-state index is 11.7. The second kappa shape index (κ2) is 7.35. The number of aliphatic carboxylic acids is 1. The third kappa shape index (κ3) is 4.95. The molecule has 0 radical (unpaired) electrons. The number of aromatic nitrogens is 1. The maximum Gasteiger partial charge on any atom is 0.326 e. The summed E-state index contributed by atoms with van der Waals surface area (Å²) in [5.74, 6) is -1.03. The number of nitrogens with one attached hydrogen (secondary N) is 2. The Hall–Kier alpha value is -2.11. The fourth-order valence-electron chi connectivity index (χ4n) is 1.65. The molecule has 1 aromatic heterocycles. The molecule has 0 fully saturated rings. The number of urea groups is 1. The van der Waals surface area contributed by atoms with Gasteiger partial charge in [-0.15, -0.1) is 0 Å². The summed E-state index contributed by atoms with van der Waals surface area (Å²) in [6.07, 6.45) is 2.73. The van der Waals surface area contributed by atoms with Gasteiger partial charge in [0.15, 0.2) is 0 Å². The summed E-state index contributed by atoms with van der Waals surface area (Å²) in [5, 5.41) is 14.1. The van der Waals surface area contributed by atoms with Crippen LogP contribution < -0.4 is 10.6 Å². The number of nitrogens with zero attached hydrogens (tertiary/aromatic N) is 1. The summed E-state index contributed by atoms with van der Waals surface area (Å²) in [5.41, 5.74) is 0.722. The van der Waals surface area contributed by atoms with E-state index in [2.05, 4.69) is 15.6 Å². The molecule has 1 aromatic rings. The SMILES string of the molecule is CCC[C@@H](NC(=O)NC(C)c1ccccn1)C(=O)O. The largest absolute Gasteiger partial charge is 0.480 e. The lowest BCUT2D eigenvalue weighted by Crippen LogP contribution is -2.46. The molecule has 0 aliphatic heterocycles. The highest BCUT2D eigenvalue weighted by molar-refractivity contribution is 5.82. The number of carbonyl (C=O) groups excluding carboxylic acids is 1. The van der Waals surface area contributed by atoms with Gasteiger partial charge in [0, 0.05) is 6.20 Å². The topological polar surface area (TPSA) is 91.3 Å². The highest BCUT2D eigenvalue weighted by atomic mass is 16.4. The Bertz CT molecular complexity index is 422. The number of rotatable bonds is 6. The first kappa shape index (κ1) is 14.9. The second-order valence-corrected chi connectivity index (χ2v) is 4.27. The van der Waals surface area contributed by atoms with E-state index in [-0.39, 0.29) is 6.04 Å². The molecule has 0 bridgehead atoms. The Kier molecular flexibility index (Phi) is 5.78. The average Bonchev–Trinajstić information content (AvgIpc) is 2.39. The zero-order chi connectivity index (χ0) is 14.3. The van der Waals surface area contributed by atoms with Crippen LogP contribution in [-0.2, 0) is 4.79 Å². The molecule has 0 aliphatic carbocycles. The third-order valence-electron chi connectivity index (χ3n) is 2.66. The van der Waals surface area contributed by atoms with Gasteiger partial charge < -0.3 is 15.7 Å². The standard InChI is InChI=1S/C13H19N3O3/c1-3-6-11(12(17)18)16-13(19)15-9(2)10-7-4-5-8-14-10/h4-5,7-9,11H,3,6H2,1-2H3,(H,17,18)(H2,15,16,19)/t9?,11-/m1/s1. The van der Waals surface area contributed by atoms with Crippen LogP contribution in [0.5, 0.6) is 0 Å². The van der Waals surface area contributed by atoms with Crippen LogP contribution in [0.3, 0.4) is 0 Å². The summed E-state index contributed by atoms with van der Waals surface area (Å²) in [6.45, 7) is 3.66. The summed E-state index contributed by atoms with van der Waals surface area (Å²) in [6, 6.07) is 3.77. The van der Waals surface area contributed by atoms with E-state index in [0.29, 0.717) is 12.8 Å². The molecule has 1 heterocycles. The molecule has 0 aliphatic rings. The van der Waals surface area contributed by atoms with Gasteiger partial charge in [0.2, 0.25) is 0 Å². The van der Waals surface area contributed by atoms with Crippen LogP contribution >= 0.6 is 0 Å². The van der Waals surface area contributed by atoms with Crippen LogP contribution in [0, 0.1) is 0 Å². The van der Waals surface area contributed by atoms with E-state index < -0.39 is 18.0 Å². The summed E-state index contributed by atoms with van der Waals surface area (Å²) < 4.78 is 0. The highest BCUT2D eigenvalue weighted by Gasteiger charge is 2.19. The number of carboxylic acid groups (broad SMARTS) is 1. The Morgan fingerprint density at radius 2 is 2.11 bits per heavy atom. The van der Waals surface area contributed by atoms with Gasteiger partial charge in [0.1, 0.15) is 6.04 Å². The smallest absolute Gasteiger partial charge is 0.326 e. The molecule has 6 heteroatoms. The number of pyridine rings is 1. The van der Waals surface area contributed by atoms with E-state index in [9.17, 15) is 9.59 Å². The normalized spacial score (nSPS) is 13.4. The molecule has 104 valence electrons. The first-order chi connectivity index (χ1) is 9.04. The summed E-state index contributed by atoms with van der Waals surface area (Å²) >= 11 is 0. The van der Waals surface area contributed by atoms with Gasteiger partial charge in [-0.3, -0.25) is 4.98 Å². The van der Waals surface area contributed by atoms with E-state index in [1.54, 1.807) is 25.3 Å². The number of amides is 2. The molecule has 3 N–H and O–H groups in total. The van der Waals surface area contributed by atoms with Crippen molar-refractivity contribution in [2.24, 2.45) is 0 Å². The first-order valence-electron chi connectivity index (χ1n) is 6.25. The lowest BCUT2D eigenvalue weighted by Gasteiger charge is -2.17. The van der Waals surface area contributed by atoms with Gasteiger partial charge in [0.05, 0.1) is 11.7 Å². The molecule has 1 rings (SSSR count). The number of carbonyl (C=O) groups is 2.